The first kappa shape index (κ1) is 13.9. The zero-order chi connectivity index (χ0) is 14.8. The zero-order valence-corrected chi connectivity index (χ0v) is 12.4. The van der Waals surface area contributed by atoms with Crippen molar-refractivity contribution in [2.24, 2.45) is 0 Å². The maximum atomic E-state index is 13.0. The maximum absolute atomic E-state index is 13.0. The third-order valence-corrected chi connectivity index (χ3v) is 3.65. The second-order valence-corrected chi connectivity index (χ2v) is 5.21. The number of para-hydroxylation sites is 1. The Kier molecular flexibility index (Phi) is 3.77. The molecule has 0 saturated carbocycles. The number of rotatable bonds is 3. The highest BCUT2D eigenvalue weighted by molar-refractivity contribution is 7.71. The van der Waals surface area contributed by atoms with Gasteiger partial charge in [-0.05, 0) is 48.6 Å². The van der Waals surface area contributed by atoms with Crippen molar-refractivity contribution >= 4 is 29.5 Å². The van der Waals surface area contributed by atoms with E-state index in [-0.39, 0.29) is 5.82 Å². The number of hydrogen-bond donors (Lipinski definition) is 2. The summed E-state index contributed by atoms with van der Waals surface area (Å²) in [5, 5.41) is 0.589. The molecule has 0 bridgehead atoms. The lowest BCUT2D eigenvalue weighted by molar-refractivity contribution is 0.628. The number of benzene rings is 2. The summed E-state index contributed by atoms with van der Waals surface area (Å²) in [7, 11) is 0. The Hall–Kier alpha value is -2.11. The van der Waals surface area contributed by atoms with Crippen molar-refractivity contribution in [1.82, 2.24) is 9.66 Å². The van der Waals surface area contributed by atoms with E-state index < -0.39 is 0 Å². The Balaban J connectivity index is 2.04. The monoisotopic (exact) mass is 319 g/mol. The average molecular weight is 320 g/mol. The second kappa shape index (κ2) is 5.71. The molecule has 0 aliphatic carbocycles. The van der Waals surface area contributed by atoms with Crippen LogP contribution < -0.4 is 5.43 Å². The first-order chi connectivity index (χ1) is 10.1. The molecule has 0 amide bonds. The topological polar surface area (TPSA) is 32.8 Å². The second-order valence-electron chi connectivity index (χ2n) is 4.41. The van der Waals surface area contributed by atoms with Gasteiger partial charge >= 0.3 is 0 Å². The Morgan fingerprint density at radius 2 is 1.81 bits per heavy atom. The molecule has 6 heteroatoms. The Bertz CT molecular complexity index is 823. The zero-order valence-electron chi connectivity index (χ0n) is 10.8. The van der Waals surface area contributed by atoms with Gasteiger partial charge < -0.3 is 4.98 Å². The molecule has 21 heavy (non-hydrogen) atoms. The predicted octanol–water partition coefficient (Wildman–Crippen LogP) is 4.88. The number of H-pyrrole nitrogens is 1. The summed E-state index contributed by atoms with van der Waals surface area (Å²) in [6.45, 7) is 0. The van der Waals surface area contributed by atoms with Gasteiger partial charge in [0, 0.05) is 11.8 Å². The van der Waals surface area contributed by atoms with Gasteiger partial charge in [-0.1, -0.05) is 23.7 Å². The summed E-state index contributed by atoms with van der Waals surface area (Å²) < 4.78 is 15.2. The predicted molar refractivity (Wildman–Crippen MR) is 85.5 cm³/mol. The van der Waals surface area contributed by atoms with Gasteiger partial charge in [0.2, 0.25) is 0 Å². The molecule has 1 aromatic heterocycles. The standard InChI is InChI=1S/C15H11ClFN3S/c16-12-3-1-2-4-13(12)19-20-14(9-18-15(20)21)10-5-7-11(17)8-6-10/h1-9,19H,(H,18,21). The molecule has 0 spiro atoms. The minimum atomic E-state index is -0.279. The van der Waals surface area contributed by atoms with Crippen LogP contribution in [-0.4, -0.2) is 9.66 Å². The lowest BCUT2D eigenvalue weighted by Gasteiger charge is -2.12. The number of nitrogens with zero attached hydrogens (tertiary/aromatic N) is 1. The highest BCUT2D eigenvalue weighted by Gasteiger charge is 2.08. The quantitative estimate of drug-likeness (QED) is 0.674. The molecule has 0 fully saturated rings. The van der Waals surface area contributed by atoms with Gasteiger partial charge in [0.1, 0.15) is 5.82 Å². The number of nitrogens with one attached hydrogen (secondary N) is 2. The summed E-state index contributed by atoms with van der Waals surface area (Å²) in [4.78, 5) is 2.97. The van der Waals surface area contributed by atoms with Gasteiger partial charge in [-0.2, -0.15) is 0 Å². The van der Waals surface area contributed by atoms with Gasteiger partial charge in [0.25, 0.3) is 0 Å². The molecule has 0 unspecified atom stereocenters. The summed E-state index contributed by atoms with van der Waals surface area (Å²) in [6, 6.07) is 13.6. The number of halogens is 2. The van der Waals surface area contributed by atoms with Crippen LogP contribution in [0.3, 0.4) is 0 Å². The molecule has 2 N–H and O–H groups in total. The van der Waals surface area contributed by atoms with E-state index in [9.17, 15) is 4.39 Å². The van der Waals surface area contributed by atoms with Gasteiger partial charge in [0.05, 0.1) is 16.4 Å². The lowest BCUT2D eigenvalue weighted by Crippen LogP contribution is -2.10. The van der Waals surface area contributed by atoms with E-state index in [0.29, 0.717) is 9.79 Å². The molecular formula is C15H11ClFN3S. The molecule has 0 aliphatic rings. The van der Waals surface area contributed by atoms with E-state index in [1.54, 1.807) is 29.1 Å². The minimum Gasteiger partial charge on any atom is -0.335 e. The molecule has 0 aliphatic heterocycles. The Morgan fingerprint density at radius 1 is 1.10 bits per heavy atom. The number of aromatic amines is 1. The van der Waals surface area contributed by atoms with E-state index in [0.717, 1.165) is 16.9 Å². The lowest BCUT2D eigenvalue weighted by atomic mass is 10.2. The third-order valence-electron chi connectivity index (χ3n) is 3.02. The van der Waals surface area contributed by atoms with Crippen LogP contribution in [0.15, 0.2) is 54.7 Å². The van der Waals surface area contributed by atoms with Crippen LogP contribution in [0.25, 0.3) is 11.3 Å². The minimum absolute atomic E-state index is 0.279. The SMILES string of the molecule is Fc1ccc(-c2c[nH]c(=S)n2Nc2ccccc2Cl)cc1. The molecule has 0 saturated heterocycles. The number of imidazole rings is 1. The van der Waals surface area contributed by atoms with Crippen LogP contribution in [0.1, 0.15) is 0 Å². The fraction of sp³-hybridized carbons (Fsp3) is 0. The molecule has 3 rings (SSSR count). The summed E-state index contributed by atoms with van der Waals surface area (Å²) in [6.07, 6.45) is 1.76. The van der Waals surface area contributed by atoms with Crippen LogP contribution in [0.4, 0.5) is 10.1 Å². The largest absolute Gasteiger partial charge is 0.335 e. The van der Waals surface area contributed by atoms with Crippen LogP contribution in [0.2, 0.25) is 5.02 Å². The fourth-order valence-electron chi connectivity index (χ4n) is 1.99. The van der Waals surface area contributed by atoms with Gasteiger partial charge in [-0.15, -0.1) is 0 Å². The molecule has 106 valence electrons. The third kappa shape index (κ3) is 2.84. The van der Waals surface area contributed by atoms with E-state index >= 15 is 0 Å². The van der Waals surface area contributed by atoms with Crippen LogP contribution in [0.5, 0.6) is 0 Å². The van der Waals surface area contributed by atoms with Crippen molar-refractivity contribution < 1.29 is 4.39 Å². The highest BCUT2D eigenvalue weighted by atomic mass is 35.5. The first-order valence-corrected chi connectivity index (χ1v) is 7.02. The maximum Gasteiger partial charge on any atom is 0.196 e. The van der Waals surface area contributed by atoms with Gasteiger partial charge in [-0.25, -0.2) is 9.07 Å². The first-order valence-electron chi connectivity index (χ1n) is 6.23. The fourth-order valence-corrected chi connectivity index (χ4v) is 2.37. The number of aromatic nitrogens is 2. The molecule has 3 aromatic rings. The van der Waals surface area contributed by atoms with Crippen molar-refractivity contribution in [3.63, 3.8) is 0 Å². The smallest absolute Gasteiger partial charge is 0.196 e. The van der Waals surface area contributed by atoms with Crippen molar-refractivity contribution in [2.75, 3.05) is 5.43 Å². The van der Waals surface area contributed by atoms with Crippen LogP contribution >= 0.6 is 23.8 Å². The molecule has 2 aromatic carbocycles. The average Bonchev–Trinajstić information content (AvgIpc) is 2.84. The molecule has 0 radical (unpaired) electrons. The van der Waals surface area contributed by atoms with E-state index in [4.69, 9.17) is 23.8 Å². The highest BCUT2D eigenvalue weighted by Crippen LogP contribution is 2.24. The molecular weight excluding hydrogens is 309 g/mol. The molecule has 3 nitrogen and oxygen atoms in total. The molecule has 0 atom stereocenters. The van der Waals surface area contributed by atoms with E-state index in [1.165, 1.54) is 12.1 Å². The van der Waals surface area contributed by atoms with Crippen molar-refractivity contribution in [3.8, 4) is 11.3 Å². The number of anilines is 1. The van der Waals surface area contributed by atoms with Crippen LogP contribution in [0, 0.1) is 10.6 Å². The van der Waals surface area contributed by atoms with Crippen molar-refractivity contribution in [1.29, 1.82) is 0 Å². The van der Waals surface area contributed by atoms with Crippen LogP contribution in [-0.2, 0) is 0 Å². The molecule has 1 heterocycles. The van der Waals surface area contributed by atoms with Gasteiger partial charge in [-0.3, -0.25) is 5.43 Å². The Morgan fingerprint density at radius 3 is 2.52 bits per heavy atom. The van der Waals surface area contributed by atoms with Crippen molar-refractivity contribution in [2.45, 2.75) is 0 Å². The van der Waals surface area contributed by atoms with E-state index in [2.05, 4.69) is 10.4 Å². The Labute approximate surface area is 131 Å². The summed E-state index contributed by atoms with van der Waals surface area (Å²) in [5.41, 5.74) is 5.52. The normalized spacial score (nSPS) is 10.6. The summed E-state index contributed by atoms with van der Waals surface area (Å²) in [5.74, 6) is -0.279. The summed E-state index contributed by atoms with van der Waals surface area (Å²) >= 11 is 11.4. The van der Waals surface area contributed by atoms with Gasteiger partial charge in [0.15, 0.2) is 4.77 Å². The van der Waals surface area contributed by atoms with Crippen molar-refractivity contribution in [3.05, 3.63) is 70.3 Å². The van der Waals surface area contributed by atoms with E-state index in [1.807, 2.05) is 18.2 Å². The number of hydrogen-bond acceptors (Lipinski definition) is 2.